The van der Waals surface area contributed by atoms with Crippen molar-refractivity contribution in [2.75, 3.05) is 13.7 Å². The summed E-state index contributed by atoms with van der Waals surface area (Å²) in [7, 11) is 1.58. The summed E-state index contributed by atoms with van der Waals surface area (Å²) in [6, 6.07) is 13.6. The molecule has 0 unspecified atom stereocenters. The summed E-state index contributed by atoms with van der Waals surface area (Å²) in [6.07, 6.45) is 1.50. The van der Waals surface area contributed by atoms with Gasteiger partial charge < -0.3 is 10.1 Å². The molecule has 0 bridgehead atoms. The average Bonchev–Trinajstić information content (AvgIpc) is 2.61. The van der Waals surface area contributed by atoms with Crippen LogP contribution >= 0.6 is 11.6 Å². The molecule has 124 valence electrons. The smallest absolute Gasteiger partial charge is 0.259 e. The van der Waals surface area contributed by atoms with Gasteiger partial charge in [0, 0.05) is 10.6 Å². The molecule has 0 aromatic heterocycles. The standard InChI is InChI=1S/C17H16ClN3O3/c1-24-15-8-2-12(3-9-15)10-20-21-16(22)11-19-17(23)13-4-6-14(18)7-5-13/h2-10H,11H2,1H3,(H,19,23)(H,21,22). The molecule has 0 aliphatic rings. The van der Waals surface area contributed by atoms with Crippen LogP contribution in [0.1, 0.15) is 15.9 Å². The van der Waals surface area contributed by atoms with Gasteiger partial charge in [-0.25, -0.2) is 5.43 Å². The van der Waals surface area contributed by atoms with Crippen LogP contribution in [0.25, 0.3) is 0 Å². The second kappa shape index (κ2) is 8.69. The van der Waals surface area contributed by atoms with Gasteiger partial charge in [0.1, 0.15) is 5.75 Å². The Labute approximate surface area is 144 Å². The lowest BCUT2D eigenvalue weighted by Gasteiger charge is -2.04. The summed E-state index contributed by atoms with van der Waals surface area (Å²) in [5, 5.41) is 6.86. The van der Waals surface area contributed by atoms with E-state index in [1.165, 1.54) is 6.21 Å². The number of ether oxygens (including phenoxy) is 1. The molecule has 0 aliphatic heterocycles. The highest BCUT2D eigenvalue weighted by Crippen LogP contribution is 2.10. The molecule has 0 heterocycles. The lowest BCUT2D eigenvalue weighted by atomic mass is 10.2. The first-order valence-corrected chi connectivity index (χ1v) is 7.46. The monoisotopic (exact) mass is 345 g/mol. The van der Waals surface area contributed by atoms with E-state index in [-0.39, 0.29) is 12.5 Å². The fourth-order valence-corrected chi connectivity index (χ4v) is 1.90. The molecule has 0 aliphatic carbocycles. The summed E-state index contributed by atoms with van der Waals surface area (Å²) in [5.74, 6) is -0.0517. The number of hydrogen-bond donors (Lipinski definition) is 2. The number of halogens is 1. The zero-order valence-electron chi connectivity index (χ0n) is 13.0. The third-order valence-electron chi connectivity index (χ3n) is 3.03. The number of rotatable bonds is 6. The molecule has 0 saturated heterocycles. The Morgan fingerprint density at radius 1 is 1.12 bits per heavy atom. The number of amides is 2. The average molecular weight is 346 g/mol. The number of benzene rings is 2. The minimum Gasteiger partial charge on any atom is -0.497 e. The molecule has 2 N–H and O–H groups in total. The maximum atomic E-state index is 11.8. The topological polar surface area (TPSA) is 79.8 Å². The summed E-state index contributed by atoms with van der Waals surface area (Å²) >= 11 is 5.75. The molecular formula is C17H16ClN3O3. The van der Waals surface area contributed by atoms with Crippen molar-refractivity contribution in [2.45, 2.75) is 0 Å². The molecule has 24 heavy (non-hydrogen) atoms. The van der Waals surface area contributed by atoms with Crippen LogP contribution in [0, 0.1) is 0 Å². The number of nitrogens with zero attached hydrogens (tertiary/aromatic N) is 1. The van der Waals surface area contributed by atoms with E-state index in [1.807, 2.05) is 0 Å². The van der Waals surface area contributed by atoms with Crippen LogP contribution in [-0.4, -0.2) is 31.7 Å². The maximum absolute atomic E-state index is 11.8. The first-order valence-electron chi connectivity index (χ1n) is 7.08. The molecule has 0 spiro atoms. The van der Waals surface area contributed by atoms with Crippen molar-refractivity contribution in [3.8, 4) is 5.75 Å². The number of carbonyl (C=O) groups is 2. The van der Waals surface area contributed by atoms with Gasteiger partial charge in [0.2, 0.25) is 0 Å². The molecule has 6 nitrogen and oxygen atoms in total. The zero-order chi connectivity index (χ0) is 17.4. The van der Waals surface area contributed by atoms with Crippen molar-refractivity contribution in [3.05, 3.63) is 64.7 Å². The van der Waals surface area contributed by atoms with Gasteiger partial charge in [0.05, 0.1) is 19.9 Å². The molecule has 0 saturated carbocycles. The van der Waals surface area contributed by atoms with E-state index < -0.39 is 5.91 Å². The summed E-state index contributed by atoms with van der Waals surface area (Å²) < 4.78 is 5.05. The molecule has 2 aromatic carbocycles. The van der Waals surface area contributed by atoms with E-state index in [0.29, 0.717) is 10.6 Å². The van der Waals surface area contributed by atoms with Gasteiger partial charge in [0.15, 0.2) is 0 Å². The Morgan fingerprint density at radius 2 is 1.79 bits per heavy atom. The summed E-state index contributed by atoms with van der Waals surface area (Å²) in [4.78, 5) is 23.5. The Balaban J connectivity index is 1.77. The fourth-order valence-electron chi connectivity index (χ4n) is 1.77. The van der Waals surface area contributed by atoms with Gasteiger partial charge >= 0.3 is 0 Å². The van der Waals surface area contributed by atoms with Gasteiger partial charge in [-0.15, -0.1) is 0 Å². The molecule has 0 atom stereocenters. The third-order valence-corrected chi connectivity index (χ3v) is 3.29. The SMILES string of the molecule is COc1ccc(C=NNC(=O)CNC(=O)c2ccc(Cl)cc2)cc1. The predicted molar refractivity (Wildman–Crippen MR) is 92.5 cm³/mol. The number of methoxy groups -OCH3 is 1. The Kier molecular flexibility index (Phi) is 6.33. The molecular weight excluding hydrogens is 330 g/mol. The second-order valence-electron chi connectivity index (χ2n) is 4.76. The largest absolute Gasteiger partial charge is 0.497 e. The molecule has 2 rings (SSSR count). The van der Waals surface area contributed by atoms with Crippen molar-refractivity contribution in [1.29, 1.82) is 0 Å². The number of carbonyl (C=O) groups excluding carboxylic acids is 2. The Hall–Kier alpha value is -2.86. The normalized spacial score (nSPS) is 10.4. The maximum Gasteiger partial charge on any atom is 0.259 e. The number of hydrogen-bond acceptors (Lipinski definition) is 4. The first kappa shape index (κ1) is 17.5. The molecule has 0 radical (unpaired) electrons. The lowest BCUT2D eigenvalue weighted by Crippen LogP contribution is -2.34. The number of hydrazone groups is 1. The van der Waals surface area contributed by atoms with Crippen molar-refractivity contribution >= 4 is 29.6 Å². The van der Waals surface area contributed by atoms with E-state index in [4.69, 9.17) is 16.3 Å². The highest BCUT2D eigenvalue weighted by atomic mass is 35.5. The third kappa shape index (κ3) is 5.40. The van der Waals surface area contributed by atoms with E-state index in [9.17, 15) is 9.59 Å². The van der Waals surface area contributed by atoms with Crippen LogP contribution in [0.4, 0.5) is 0 Å². The van der Waals surface area contributed by atoms with Crippen LogP contribution in [0.5, 0.6) is 5.75 Å². The second-order valence-corrected chi connectivity index (χ2v) is 5.19. The van der Waals surface area contributed by atoms with E-state index in [2.05, 4.69) is 15.8 Å². The van der Waals surface area contributed by atoms with Crippen molar-refractivity contribution < 1.29 is 14.3 Å². The van der Waals surface area contributed by atoms with Gasteiger partial charge in [-0.2, -0.15) is 5.10 Å². The molecule has 7 heteroatoms. The number of nitrogens with one attached hydrogen (secondary N) is 2. The van der Waals surface area contributed by atoms with Crippen LogP contribution < -0.4 is 15.5 Å². The van der Waals surface area contributed by atoms with Crippen LogP contribution in [0.15, 0.2) is 53.6 Å². The van der Waals surface area contributed by atoms with Gasteiger partial charge in [-0.3, -0.25) is 9.59 Å². The van der Waals surface area contributed by atoms with Crippen LogP contribution in [0.3, 0.4) is 0 Å². The summed E-state index contributed by atoms with van der Waals surface area (Å²) in [6.45, 7) is -0.179. The van der Waals surface area contributed by atoms with Crippen molar-refractivity contribution in [1.82, 2.24) is 10.7 Å². The van der Waals surface area contributed by atoms with Gasteiger partial charge in [-0.05, 0) is 54.1 Å². The minimum atomic E-state index is -0.429. The Morgan fingerprint density at radius 3 is 2.42 bits per heavy atom. The van der Waals surface area contributed by atoms with Gasteiger partial charge in [0.25, 0.3) is 11.8 Å². The van der Waals surface area contributed by atoms with E-state index >= 15 is 0 Å². The van der Waals surface area contributed by atoms with Crippen molar-refractivity contribution in [3.63, 3.8) is 0 Å². The molecule has 2 amide bonds. The molecule has 0 fully saturated rings. The highest BCUT2D eigenvalue weighted by Gasteiger charge is 2.07. The fraction of sp³-hybridized carbons (Fsp3) is 0.118. The van der Waals surface area contributed by atoms with E-state index in [0.717, 1.165) is 11.3 Å². The Bertz CT molecular complexity index is 728. The van der Waals surface area contributed by atoms with Crippen molar-refractivity contribution in [2.24, 2.45) is 5.10 Å². The predicted octanol–water partition coefficient (Wildman–Crippen LogP) is 2.23. The van der Waals surface area contributed by atoms with Gasteiger partial charge in [-0.1, -0.05) is 11.6 Å². The lowest BCUT2D eigenvalue weighted by molar-refractivity contribution is -0.120. The van der Waals surface area contributed by atoms with E-state index in [1.54, 1.807) is 55.6 Å². The van der Waals surface area contributed by atoms with Crippen LogP contribution in [-0.2, 0) is 4.79 Å². The zero-order valence-corrected chi connectivity index (χ0v) is 13.7. The highest BCUT2D eigenvalue weighted by molar-refractivity contribution is 6.30. The quantitative estimate of drug-likeness (QED) is 0.622. The first-order chi connectivity index (χ1) is 11.6. The summed E-state index contributed by atoms with van der Waals surface area (Å²) in [5.41, 5.74) is 3.57. The minimum absolute atomic E-state index is 0.179. The molecule has 2 aromatic rings. The van der Waals surface area contributed by atoms with Crippen LogP contribution in [0.2, 0.25) is 5.02 Å².